The summed E-state index contributed by atoms with van der Waals surface area (Å²) in [5.41, 5.74) is 14.7. The zero-order valence-corrected chi connectivity index (χ0v) is 27.3. The van der Waals surface area contributed by atoms with E-state index in [9.17, 15) is 23.2 Å². The molecule has 0 saturated heterocycles. The number of ketones is 1. The number of halogens is 2. The van der Waals surface area contributed by atoms with Crippen LogP contribution in [0.3, 0.4) is 0 Å². The molecule has 0 saturated carbocycles. The molecule has 49 heavy (non-hydrogen) atoms. The van der Waals surface area contributed by atoms with Crippen molar-refractivity contribution in [3.8, 4) is 5.75 Å². The van der Waals surface area contributed by atoms with Gasteiger partial charge in [0.25, 0.3) is 11.8 Å². The number of carbonyl (C=O) groups excluding carboxylic acids is 3. The highest BCUT2D eigenvalue weighted by atomic mass is 19.1. The summed E-state index contributed by atoms with van der Waals surface area (Å²) in [4.78, 5) is 40.4. The molecule has 13 heteroatoms. The number of ether oxygens (including phenoxy) is 1. The lowest BCUT2D eigenvalue weighted by Gasteiger charge is -2.18. The first-order valence-electron chi connectivity index (χ1n) is 15.6. The van der Waals surface area contributed by atoms with E-state index in [0.29, 0.717) is 42.0 Å². The van der Waals surface area contributed by atoms with Crippen molar-refractivity contribution in [2.24, 2.45) is 16.0 Å². The smallest absolute Gasteiger partial charge is 0.251 e. The molecule has 1 atom stereocenters. The zero-order chi connectivity index (χ0) is 35.3. The standard InChI is InChI=1S/C36H39F2N7O4/c1-45(2)29-15-13-28(14-16-29)44-43-27-11-9-24(10-12-27)35(47)41-21-23-18-30(37)34(31(38)19-23)49-22-33(46)32(8-3-4-17-39)42-36(48)25-6-5-7-26(40)20-25/h5-7,9-16,18-20,32H,3-4,8,17,21-22,39-40H2,1-2H3,(H,41,47)(H,42,48)/t32-/m0/s1. The Bertz CT molecular complexity index is 1760. The predicted molar refractivity (Wildman–Crippen MR) is 184 cm³/mol. The van der Waals surface area contributed by atoms with Crippen LogP contribution < -0.4 is 31.7 Å². The first-order chi connectivity index (χ1) is 23.5. The van der Waals surface area contributed by atoms with Gasteiger partial charge in [0.05, 0.1) is 17.4 Å². The second-order valence-electron chi connectivity index (χ2n) is 11.4. The second-order valence-corrected chi connectivity index (χ2v) is 11.4. The molecule has 0 bridgehead atoms. The molecule has 4 aromatic carbocycles. The van der Waals surface area contributed by atoms with Crippen LogP contribution in [0.4, 0.5) is 31.5 Å². The Morgan fingerprint density at radius 1 is 0.837 bits per heavy atom. The van der Waals surface area contributed by atoms with Crippen LogP contribution in [0.5, 0.6) is 5.75 Å². The van der Waals surface area contributed by atoms with Gasteiger partial charge in [-0.25, -0.2) is 8.78 Å². The number of nitrogens with one attached hydrogen (secondary N) is 2. The summed E-state index contributed by atoms with van der Waals surface area (Å²) in [5.74, 6) is -4.40. The highest BCUT2D eigenvalue weighted by Gasteiger charge is 2.23. The summed E-state index contributed by atoms with van der Waals surface area (Å²) in [7, 11) is 3.89. The Morgan fingerprint density at radius 2 is 1.47 bits per heavy atom. The molecule has 4 aromatic rings. The van der Waals surface area contributed by atoms with Crippen LogP contribution in [-0.2, 0) is 11.3 Å². The molecule has 0 heterocycles. The highest BCUT2D eigenvalue weighted by Crippen LogP contribution is 2.25. The summed E-state index contributed by atoms with van der Waals surface area (Å²) in [6.45, 7) is -0.460. The van der Waals surface area contributed by atoms with Gasteiger partial charge in [-0.2, -0.15) is 10.2 Å². The number of Topliss-reactive ketones (excluding diaryl/α,β-unsaturated/α-hetero) is 1. The lowest BCUT2D eigenvalue weighted by molar-refractivity contribution is -0.123. The van der Waals surface area contributed by atoms with Crippen LogP contribution in [0.25, 0.3) is 0 Å². The average Bonchev–Trinajstić information content (AvgIpc) is 3.09. The summed E-state index contributed by atoms with van der Waals surface area (Å²) in [6, 6.07) is 21.2. The van der Waals surface area contributed by atoms with Crippen LogP contribution in [0.1, 0.15) is 45.5 Å². The molecule has 0 aliphatic carbocycles. The molecule has 0 radical (unpaired) electrons. The van der Waals surface area contributed by atoms with Crippen LogP contribution in [-0.4, -0.2) is 50.9 Å². The van der Waals surface area contributed by atoms with E-state index in [-0.39, 0.29) is 24.1 Å². The molecular formula is C36H39F2N7O4. The van der Waals surface area contributed by atoms with E-state index in [4.69, 9.17) is 16.2 Å². The van der Waals surface area contributed by atoms with Crippen molar-refractivity contribution >= 4 is 40.3 Å². The Kier molecular flexibility index (Phi) is 12.9. The maximum atomic E-state index is 14.9. The predicted octanol–water partition coefficient (Wildman–Crippen LogP) is 5.83. The molecule has 0 spiro atoms. The first kappa shape index (κ1) is 36.2. The van der Waals surface area contributed by atoms with Gasteiger partial charge in [0, 0.05) is 43.1 Å². The summed E-state index contributed by atoms with van der Waals surface area (Å²) in [6.07, 6.45) is 1.41. The van der Waals surface area contributed by atoms with Crippen molar-refractivity contribution in [3.05, 3.63) is 113 Å². The molecule has 4 rings (SSSR count). The van der Waals surface area contributed by atoms with E-state index in [2.05, 4.69) is 20.9 Å². The number of nitrogens with zero attached hydrogens (tertiary/aromatic N) is 3. The molecular weight excluding hydrogens is 632 g/mol. The topological polar surface area (TPSA) is 165 Å². The fourth-order valence-corrected chi connectivity index (χ4v) is 4.72. The Hall–Kier alpha value is -5.69. The molecule has 6 N–H and O–H groups in total. The summed E-state index contributed by atoms with van der Waals surface area (Å²) in [5, 5.41) is 13.7. The molecule has 0 aliphatic rings. The molecule has 0 unspecified atom stereocenters. The Balaban J connectivity index is 1.31. The van der Waals surface area contributed by atoms with Gasteiger partial charge in [-0.3, -0.25) is 14.4 Å². The number of unbranched alkanes of at least 4 members (excludes halogenated alkanes) is 1. The van der Waals surface area contributed by atoms with Crippen LogP contribution in [0, 0.1) is 11.6 Å². The zero-order valence-electron chi connectivity index (χ0n) is 27.3. The molecule has 2 amide bonds. The van der Waals surface area contributed by atoms with Gasteiger partial charge < -0.3 is 31.7 Å². The Labute approximate surface area is 283 Å². The maximum absolute atomic E-state index is 14.9. The van der Waals surface area contributed by atoms with Crippen molar-refractivity contribution in [1.29, 1.82) is 0 Å². The van der Waals surface area contributed by atoms with Crippen LogP contribution in [0.15, 0.2) is 95.2 Å². The maximum Gasteiger partial charge on any atom is 0.251 e. The number of nitrogen functional groups attached to an aromatic ring is 1. The molecule has 0 aromatic heterocycles. The van der Waals surface area contributed by atoms with E-state index in [0.717, 1.165) is 17.8 Å². The molecule has 0 fully saturated rings. The van der Waals surface area contributed by atoms with Crippen molar-refractivity contribution in [2.45, 2.75) is 31.8 Å². The van der Waals surface area contributed by atoms with E-state index in [1.54, 1.807) is 42.5 Å². The Morgan fingerprint density at radius 3 is 2.06 bits per heavy atom. The van der Waals surface area contributed by atoms with Crippen molar-refractivity contribution in [1.82, 2.24) is 10.6 Å². The average molecular weight is 672 g/mol. The first-order valence-corrected chi connectivity index (χ1v) is 15.6. The van der Waals surface area contributed by atoms with Crippen molar-refractivity contribution in [2.75, 3.05) is 37.9 Å². The number of anilines is 2. The summed E-state index contributed by atoms with van der Waals surface area (Å²) >= 11 is 0. The summed E-state index contributed by atoms with van der Waals surface area (Å²) < 4.78 is 35.1. The third-order valence-electron chi connectivity index (χ3n) is 7.44. The van der Waals surface area contributed by atoms with E-state index in [1.165, 1.54) is 6.07 Å². The molecule has 256 valence electrons. The van der Waals surface area contributed by atoms with Crippen molar-refractivity contribution < 1.29 is 27.9 Å². The lowest BCUT2D eigenvalue weighted by Crippen LogP contribution is -2.43. The van der Waals surface area contributed by atoms with Gasteiger partial charge in [0.1, 0.15) is 6.61 Å². The van der Waals surface area contributed by atoms with Gasteiger partial charge in [-0.1, -0.05) is 6.07 Å². The lowest BCUT2D eigenvalue weighted by atomic mass is 10.0. The van der Waals surface area contributed by atoms with Gasteiger partial charge in [0.2, 0.25) is 0 Å². The number of rotatable bonds is 16. The molecule has 11 nitrogen and oxygen atoms in total. The van der Waals surface area contributed by atoms with Gasteiger partial charge in [-0.05, 0) is 110 Å². The number of amides is 2. The fourth-order valence-electron chi connectivity index (χ4n) is 4.72. The fraction of sp³-hybridized carbons (Fsp3) is 0.250. The normalized spacial score (nSPS) is 11.6. The van der Waals surface area contributed by atoms with Crippen LogP contribution in [0.2, 0.25) is 0 Å². The van der Waals surface area contributed by atoms with Crippen LogP contribution >= 0.6 is 0 Å². The number of hydrogen-bond acceptors (Lipinski definition) is 9. The SMILES string of the molecule is CN(C)c1ccc(N=Nc2ccc(C(=O)NCc3cc(F)c(OCC(=O)[C@H](CCCCN)NC(=O)c4cccc(N)c4)c(F)c3)cc2)cc1. The highest BCUT2D eigenvalue weighted by molar-refractivity contribution is 5.98. The monoisotopic (exact) mass is 671 g/mol. The minimum atomic E-state index is -1.05. The minimum absolute atomic E-state index is 0.141. The minimum Gasteiger partial charge on any atom is -0.480 e. The van der Waals surface area contributed by atoms with Crippen molar-refractivity contribution in [3.63, 3.8) is 0 Å². The quantitative estimate of drug-likeness (QED) is 0.0661. The third-order valence-corrected chi connectivity index (χ3v) is 7.44. The van der Waals surface area contributed by atoms with E-state index in [1.807, 2.05) is 43.3 Å². The van der Waals surface area contributed by atoms with Gasteiger partial charge in [-0.15, -0.1) is 0 Å². The number of carbonyl (C=O) groups is 3. The number of benzene rings is 4. The van der Waals surface area contributed by atoms with E-state index >= 15 is 0 Å². The van der Waals surface area contributed by atoms with Gasteiger partial charge in [0.15, 0.2) is 23.2 Å². The number of azo groups is 1. The van der Waals surface area contributed by atoms with E-state index < -0.39 is 47.6 Å². The third kappa shape index (κ3) is 10.7. The molecule has 0 aliphatic heterocycles. The number of nitrogens with two attached hydrogens (primary N) is 2. The second kappa shape index (κ2) is 17.5. The largest absolute Gasteiger partial charge is 0.480 e. The van der Waals surface area contributed by atoms with Gasteiger partial charge >= 0.3 is 0 Å². The number of hydrogen-bond donors (Lipinski definition) is 4.